The van der Waals surface area contributed by atoms with Crippen LogP contribution in [0.2, 0.25) is 0 Å². The molecule has 2 unspecified atom stereocenters. The van der Waals surface area contributed by atoms with Gasteiger partial charge in [0.15, 0.2) is 0 Å². The van der Waals surface area contributed by atoms with Crippen LogP contribution in [-0.2, 0) is 0 Å². The molecule has 118 valence electrons. The average Bonchev–Trinajstić information content (AvgIpc) is 2.53. The van der Waals surface area contributed by atoms with Crippen molar-refractivity contribution in [3.63, 3.8) is 0 Å². The van der Waals surface area contributed by atoms with Gasteiger partial charge in [0.05, 0.1) is 0 Å². The van der Waals surface area contributed by atoms with Crippen molar-refractivity contribution in [1.29, 1.82) is 0 Å². The van der Waals surface area contributed by atoms with Gasteiger partial charge >= 0.3 is 0 Å². The van der Waals surface area contributed by atoms with E-state index in [2.05, 4.69) is 54.4 Å². The SMILES string of the molecule is CC(CNCCC(C)c1ccccc1)CN1CCCCC1. The van der Waals surface area contributed by atoms with Crippen LogP contribution in [0.1, 0.15) is 51.0 Å². The van der Waals surface area contributed by atoms with Gasteiger partial charge in [0, 0.05) is 6.54 Å². The van der Waals surface area contributed by atoms with E-state index in [0.717, 1.165) is 19.0 Å². The fraction of sp³-hybridized carbons (Fsp3) is 0.684. The second-order valence-corrected chi connectivity index (χ2v) is 6.77. The van der Waals surface area contributed by atoms with E-state index in [1.54, 1.807) is 0 Å². The van der Waals surface area contributed by atoms with Crippen molar-refractivity contribution < 1.29 is 0 Å². The van der Waals surface area contributed by atoms with E-state index in [1.165, 1.54) is 50.9 Å². The van der Waals surface area contributed by atoms with E-state index in [1.807, 2.05) is 0 Å². The van der Waals surface area contributed by atoms with E-state index in [9.17, 15) is 0 Å². The van der Waals surface area contributed by atoms with Crippen LogP contribution < -0.4 is 5.32 Å². The first-order valence-electron chi connectivity index (χ1n) is 8.73. The van der Waals surface area contributed by atoms with Crippen molar-refractivity contribution >= 4 is 0 Å². The molecule has 1 N–H and O–H groups in total. The molecule has 1 aromatic rings. The number of piperidine rings is 1. The predicted molar refractivity (Wildman–Crippen MR) is 91.8 cm³/mol. The molecule has 21 heavy (non-hydrogen) atoms. The fourth-order valence-electron chi connectivity index (χ4n) is 3.26. The van der Waals surface area contributed by atoms with Gasteiger partial charge in [-0.3, -0.25) is 0 Å². The molecule has 2 heteroatoms. The molecule has 0 saturated carbocycles. The number of benzene rings is 1. The molecule has 2 atom stereocenters. The van der Waals surface area contributed by atoms with Crippen LogP contribution in [0.5, 0.6) is 0 Å². The monoisotopic (exact) mass is 288 g/mol. The Bertz CT molecular complexity index is 370. The Morgan fingerprint density at radius 3 is 2.48 bits per heavy atom. The Morgan fingerprint density at radius 1 is 1.05 bits per heavy atom. The third-order valence-electron chi connectivity index (χ3n) is 4.63. The smallest absolute Gasteiger partial charge is 0.00191 e. The van der Waals surface area contributed by atoms with Crippen LogP contribution in [0.25, 0.3) is 0 Å². The minimum Gasteiger partial charge on any atom is -0.316 e. The highest BCUT2D eigenvalue weighted by atomic mass is 15.1. The molecule has 1 fully saturated rings. The zero-order chi connectivity index (χ0) is 14.9. The molecular weight excluding hydrogens is 256 g/mol. The lowest BCUT2D eigenvalue weighted by Gasteiger charge is -2.29. The van der Waals surface area contributed by atoms with Gasteiger partial charge in [-0.05, 0) is 62.8 Å². The highest BCUT2D eigenvalue weighted by Crippen LogP contribution is 2.17. The third kappa shape index (κ3) is 6.19. The molecule has 1 aliphatic heterocycles. The first kappa shape index (κ1) is 16.5. The molecule has 0 bridgehead atoms. The number of rotatable bonds is 8. The molecule has 1 aromatic carbocycles. The fourth-order valence-corrected chi connectivity index (χ4v) is 3.26. The molecule has 2 rings (SSSR count). The average molecular weight is 288 g/mol. The maximum absolute atomic E-state index is 3.65. The Labute approximate surface area is 130 Å². The third-order valence-corrected chi connectivity index (χ3v) is 4.63. The highest BCUT2D eigenvalue weighted by molar-refractivity contribution is 5.18. The summed E-state index contributed by atoms with van der Waals surface area (Å²) in [5, 5.41) is 3.65. The van der Waals surface area contributed by atoms with Crippen molar-refractivity contribution in [3.05, 3.63) is 35.9 Å². The molecule has 0 aromatic heterocycles. The second kappa shape index (κ2) is 9.22. The minimum absolute atomic E-state index is 0.649. The highest BCUT2D eigenvalue weighted by Gasteiger charge is 2.13. The van der Waals surface area contributed by atoms with Crippen molar-refractivity contribution in [2.45, 2.75) is 45.4 Å². The van der Waals surface area contributed by atoms with Crippen LogP contribution in [0, 0.1) is 5.92 Å². The summed E-state index contributed by atoms with van der Waals surface area (Å²) in [7, 11) is 0. The van der Waals surface area contributed by atoms with Gasteiger partial charge in [-0.25, -0.2) is 0 Å². The summed E-state index contributed by atoms with van der Waals surface area (Å²) in [5.74, 6) is 1.41. The van der Waals surface area contributed by atoms with Crippen molar-refractivity contribution in [2.75, 3.05) is 32.7 Å². The maximum Gasteiger partial charge on any atom is 0.00191 e. The van der Waals surface area contributed by atoms with Gasteiger partial charge < -0.3 is 10.2 Å². The normalized spacial score (nSPS) is 19.3. The Balaban J connectivity index is 1.56. The molecule has 1 saturated heterocycles. The summed E-state index contributed by atoms with van der Waals surface area (Å²) >= 11 is 0. The molecule has 0 amide bonds. The zero-order valence-corrected chi connectivity index (χ0v) is 13.9. The van der Waals surface area contributed by atoms with E-state index >= 15 is 0 Å². The summed E-state index contributed by atoms with van der Waals surface area (Å²) in [5.41, 5.74) is 1.46. The summed E-state index contributed by atoms with van der Waals surface area (Å²) in [6.07, 6.45) is 5.45. The van der Waals surface area contributed by atoms with Crippen LogP contribution in [0.4, 0.5) is 0 Å². The largest absolute Gasteiger partial charge is 0.316 e. The molecule has 0 aliphatic carbocycles. The Kier molecular flexibility index (Phi) is 7.25. The first-order valence-corrected chi connectivity index (χ1v) is 8.73. The maximum atomic E-state index is 3.65. The minimum atomic E-state index is 0.649. The van der Waals surface area contributed by atoms with Gasteiger partial charge in [0.2, 0.25) is 0 Å². The topological polar surface area (TPSA) is 15.3 Å². The van der Waals surface area contributed by atoms with Gasteiger partial charge in [-0.15, -0.1) is 0 Å². The van der Waals surface area contributed by atoms with Crippen LogP contribution in [-0.4, -0.2) is 37.6 Å². The molecule has 1 heterocycles. The standard InChI is InChI=1S/C19H32N2/c1-17(16-21-13-7-4-8-14-21)15-20-12-11-18(2)19-9-5-3-6-10-19/h3,5-6,9-10,17-18,20H,4,7-8,11-16H2,1-2H3. The zero-order valence-electron chi connectivity index (χ0n) is 13.9. The van der Waals surface area contributed by atoms with Gasteiger partial charge in [-0.2, -0.15) is 0 Å². The van der Waals surface area contributed by atoms with Crippen molar-refractivity contribution in [3.8, 4) is 0 Å². The molecule has 1 aliphatic rings. The lowest BCUT2D eigenvalue weighted by Crippen LogP contribution is -2.36. The van der Waals surface area contributed by atoms with Gasteiger partial charge in [-0.1, -0.05) is 50.6 Å². The number of nitrogens with zero attached hydrogens (tertiary/aromatic N) is 1. The molecular formula is C19H32N2. The Morgan fingerprint density at radius 2 is 1.76 bits per heavy atom. The first-order chi connectivity index (χ1) is 10.3. The lowest BCUT2D eigenvalue weighted by molar-refractivity contribution is 0.199. The predicted octanol–water partition coefficient (Wildman–Crippen LogP) is 3.89. The summed E-state index contributed by atoms with van der Waals surface area (Å²) < 4.78 is 0. The van der Waals surface area contributed by atoms with E-state index in [0.29, 0.717) is 5.92 Å². The van der Waals surface area contributed by atoms with Gasteiger partial charge in [0.1, 0.15) is 0 Å². The number of hydrogen-bond acceptors (Lipinski definition) is 2. The molecule has 0 spiro atoms. The number of likely N-dealkylation sites (tertiary alicyclic amines) is 1. The quantitative estimate of drug-likeness (QED) is 0.730. The van der Waals surface area contributed by atoms with E-state index in [-0.39, 0.29) is 0 Å². The van der Waals surface area contributed by atoms with Crippen LogP contribution >= 0.6 is 0 Å². The lowest BCUT2D eigenvalue weighted by atomic mass is 9.98. The summed E-state index contributed by atoms with van der Waals surface area (Å²) in [4.78, 5) is 2.64. The molecule has 0 radical (unpaired) electrons. The van der Waals surface area contributed by atoms with Gasteiger partial charge in [0.25, 0.3) is 0 Å². The molecule has 2 nitrogen and oxygen atoms in total. The summed E-state index contributed by atoms with van der Waals surface area (Å²) in [6, 6.07) is 10.9. The summed E-state index contributed by atoms with van der Waals surface area (Å²) in [6.45, 7) is 10.9. The van der Waals surface area contributed by atoms with Crippen molar-refractivity contribution in [2.24, 2.45) is 5.92 Å². The van der Waals surface area contributed by atoms with Crippen molar-refractivity contribution in [1.82, 2.24) is 10.2 Å². The van der Waals surface area contributed by atoms with Crippen LogP contribution in [0.3, 0.4) is 0 Å². The van der Waals surface area contributed by atoms with Crippen LogP contribution in [0.15, 0.2) is 30.3 Å². The van der Waals surface area contributed by atoms with E-state index < -0.39 is 0 Å². The number of hydrogen-bond donors (Lipinski definition) is 1. The van der Waals surface area contributed by atoms with E-state index in [4.69, 9.17) is 0 Å². The number of nitrogens with one attached hydrogen (secondary N) is 1. The second-order valence-electron chi connectivity index (χ2n) is 6.77. The Hall–Kier alpha value is -0.860.